The third kappa shape index (κ3) is 1.41. The highest BCUT2D eigenvalue weighted by Crippen LogP contribution is 2.18. The first kappa shape index (κ1) is 7.81. The molecule has 4 nitrogen and oxygen atoms in total. The summed E-state index contributed by atoms with van der Waals surface area (Å²) in [5, 5.41) is -1.14. The second kappa shape index (κ2) is 2.39. The summed E-state index contributed by atoms with van der Waals surface area (Å²) in [5.41, 5.74) is 0. The summed E-state index contributed by atoms with van der Waals surface area (Å²) in [6.45, 7) is 0.148. The summed E-state index contributed by atoms with van der Waals surface area (Å²) in [4.78, 5) is 10.5. The highest BCUT2D eigenvalue weighted by Gasteiger charge is 2.36. The number of rotatable bonds is 1. The summed E-state index contributed by atoms with van der Waals surface area (Å²) in [5.74, 6) is -0.741. The molecule has 10 heavy (non-hydrogen) atoms. The van der Waals surface area contributed by atoms with E-state index in [2.05, 4.69) is 4.74 Å². The highest BCUT2D eigenvalue weighted by molar-refractivity contribution is 8.14. The Morgan fingerprint density at radius 3 is 2.40 bits per heavy atom. The minimum atomic E-state index is -3.75. The van der Waals surface area contributed by atoms with Crippen LogP contribution in [-0.4, -0.2) is 26.2 Å². The van der Waals surface area contributed by atoms with Crippen molar-refractivity contribution in [2.45, 2.75) is 11.7 Å². The van der Waals surface area contributed by atoms with E-state index in [1.807, 2.05) is 0 Å². The molecule has 1 atom stereocenters. The third-order valence-electron chi connectivity index (χ3n) is 1.23. The molecular weight excluding hydrogens is 180 g/mol. The molecule has 1 fully saturated rings. The Labute approximate surface area is 62.5 Å². The van der Waals surface area contributed by atoms with Crippen molar-refractivity contribution in [2.75, 3.05) is 6.61 Å². The number of ether oxygens (including phenoxy) is 1. The molecule has 0 spiro atoms. The van der Waals surface area contributed by atoms with Crippen molar-refractivity contribution in [3.63, 3.8) is 0 Å². The summed E-state index contributed by atoms with van der Waals surface area (Å²) < 4.78 is 25.4. The predicted octanol–water partition coefficient (Wildman–Crippen LogP) is -0.129. The van der Waals surface area contributed by atoms with Crippen molar-refractivity contribution in [2.24, 2.45) is 0 Å². The van der Waals surface area contributed by atoms with Crippen LogP contribution in [0.5, 0.6) is 0 Å². The van der Waals surface area contributed by atoms with Crippen LogP contribution in [0.3, 0.4) is 0 Å². The lowest BCUT2D eigenvalue weighted by Crippen LogP contribution is -2.21. The first-order valence-electron chi connectivity index (χ1n) is 2.62. The van der Waals surface area contributed by atoms with Gasteiger partial charge in [0.15, 0.2) is 5.25 Å². The minimum Gasteiger partial charge on any atom is -0.465 e. The maximum absolute atomic E-state index is 10.5. The zero-order chi connectivity index (χ0) is 7.78. The molecular formula is C4H5ClO4S. The van der Waals surface area contributed by atoms with Crippen molar-refractivity contribution in [3.05, 3.63) is 0 Å². The largest absolute Gasteiger partial charge is 0.465 e. The van der Waals surface area contributed by atoms with E-state index in [4.69, 9.17) is 10.7 Å². The molecule has 0 unspecified atom stereocenters. The van der Waals surface area contributed by atoms with Gasteiger partial charge < -0.3 is 4.74 Å². The monoisotopic (exact) mass is 184 g/mol. The second-order valence-electron chi connectivity index (χ2n) is 1.92. The van der Waals surface area contributed by atoms with Gasteiger partial charge in [0.25, 0.3) is 0 Å². The number of hydrogen-bond acceptors (Lipinski definition) is 4. The number of carbonyl (C=O) groups is 1. The molecule has 1 heterocycles. The molecule has 0 bridgehead atoms. The fourth-order valence-electron chi connectivity index (χ4n) is 0.733. The molecule has 0 aromatic heterocycles. The number of esters is 1. The van der Waals surface area contributed by atoms with Crippen LogP contribution in [0.4, 0.5) is 0 Å². The second-order valence-corrected chi connectivity index (χ2v) is 4.73. The summed E-state index contributed by atoms with van der Waals surface area (Å²) in [6.07, 6.45) is 0.171. The molecule has 0 saturated carbocycles. The van der Waals surface area contributed by atoms with E-state index in [1.54, 1.807) is 0 Å². The van der Waals surface area contributed by atoms with Gasteiger partial charge in [-0.3, -0.25) is 4.79 Å². The van der Waals surface area contributed by atoms with Crippen molar-refractivity contribution < 1.29 is 17.9 Å². The molecule has 1 saturated heterocycles. The lowest BCUT2D eigenvalue weighted by Gasteiger charge is -1.96. The molecule has 0 radical (unpaired) electrons. The van der Waals surface area contributed by atoms with Gasteiger partial charge >= 0.3 is 5.97 Å². The topological polar surface area (TPSA) is 60.4 Å². The Bertz CT molecular complexity index is 244. The molecule has 0 aromatic rings. The first-order chi connectivity index (χ1) is 4.52. The first-order valence-corrected chi connectivity index (χ1v) is 4.99. The zero-order valence-corrected chi connectivity index (χ0v) is 6.48. The number of hydrogen-bond donors (Lipinski definition) is 0. The van der Waals surface area contributed by atoms with Crippen molar-refractivity contribution >= 4 is 25.7 Å². The van der Waals surface area contributed by atoms with E-state index in [0.29, 0.717) is 0 Å². The Kier molecular flexibility index (Phi) is 1.87. The van der Waals surface area contributed by atoms with Crippen LogP contribution in [0.15, 0.2) is 0 Å². The quantitative estimate of drug-likeness (QED) is 0.421. The fourth-order valence-corrected chi connectivity index (χ4v) is 1.89. The van der Waals surface area contributed by atoms with Gasteiger partial charge in [0.2, 0.25) is 9.05 Å². The van der Waals surface area contributed by atoms with Gasteiger partial charge in [-0.15, -0.1) is 0 Å². The number of halogens is 1. The Hall–Kier alpha value is -0.290. The average molecular weight is 185 g/mol. The maximum atomic E-state index is 10.5. The predicted molar refractivity (Wildman–Crippen MR) is 34.1 cm³/mol. The van der Waals surface area contributed by atoms with Crippen molar-refractivity contribution in [1.29, 1.82) is 0 Å². The van der Waals surface area contributed by atoms with E-state index in [0.717, 1.165) is 0 Å². The lowest BCUT2D eigenvalue weighted by molar-refractivity contribution is -0.137. The molecule has 0 aliphatic carbocycles. The van der Waals surface area contributed by atoms with Crippen LogP contribution in [0.1, 0.15) is 6.42 Å². The smallest absolute Gasteiger partial charge is 0.325 e. The lowest BCUT2D eigenvalue weighted by atomic mass is 10.4. The standard InChI is InChI=1S/C4H5ClO4S/c5-10(7,8)3-1-2-9-4(3)6/h3H,1-2H2/t3-/m0/s1. The van der Waals surface area contributed by atoms with Gasteiger partial charge in [-0.2, -0.15) is 0 Å². The Morgan fingerprint density at radius 1 is 1.60 bits per heavy atom. The van der Waals surface area contributed by atoms with E-state index in [-0.39, 0.29) is 13.0 Å². The Balaban J connectivity index is 2.84. The van der Waals surface area contributed by atoms with Crippen molar-refractivity contribution in [1.82, 2.24) is 0 Å². The molecule has 0 aromatic carbocycles. The third-order valence-corrected chi connectivity index (χ3v) is 2.98. The Morgan fingerprint density at radius 2 is 2.20 bits per heavy atom. The summed E-state index contributed by atoms with van der Waals surface area (Å²) in [6, 6.07) is 0. The van der Waals surface area contributed by atoms with Crippen LogP contribution in [0.2, 0.25) is 0 Å². The molecule has 1 rings (SSSR count). The van der Waals surface area contributed by atoms with Crippen LogP contribution in [0, 0.1) is 0 Å². The zero-order valence-electron chi connectivity index (χ0n) is 4.91. The van der Waals surface area contributed by atoms with Gasteiger partial charge in [-0.1, -0.05) is 0 Å². The van der Waals surface area contributed by atoms with Crippen LogP contribution in [-0.2, 0) is 18.6 Å². The van der Waals surface area contributed by atoms with Crippen LogP contribution < -0.4 is 0 Å². The van der Waals surface area contributed by atoms with E-state index in [9.17, 15) is 13.2 Å². The molecule has 6 heteroatoms. The molecule has 1 aliphatic heterocycles. The SMILES string of the molecule is O=C1OCC[C@@H]1S(=O)(=O)Cl. The number of carbonyl (C=O) groups excluding carboxylic acids is 1. The van der Waals surface area contributed by atoms with Crippen LogP contribution >= 0.6 is 10.7 Å². The normalized spacial score (nSPS) is 26.5. The molecule has 1 aliphatic rings. The maximum Gasteiger partial charge on any atom is 0.325 e. The molecule has 58 valence electrons. The van der Waals surface area contributed by atoms with E-state index in [1.165, 1.54) is 0 Å². The van der Waals surface area contributed by atoms with Crippen LogP contribution in [0.25, 0.3) is 0 Å². The van der Waals surface area contributed by atoms with E-state index < -0.39 is 20.3 Å². The minimum absolute atomic E-state index is 0.148. The van der Waals surface area contributed by atoms with E-state index >= 15 is 0 Å². The van der Waals surface area contributed by atoms with Gasteiger partial charge in [0.1, 0.15) is 0 Å². The van der Waals surface area contributed by atoms with Gasteiger partial charge in [-0.05, 0) is 0 Å². The average Bonchev–Trinajstić information content (AvgIpc) is 2.11. The van der Waals surface area contributed by atoms with Gasteiger partial charge in [-0.25, -0.2) is 8.42 Å². The van der Waals surface area contributed by atoms with Crippen molar-refractivity contribution in [3.8, 4) is 0 Å². The number of cyclic esters (lactones) is 1. The highest BCUT2D eigenvalue weighted by atomic mass is 35.7. The fraction of sp³-hybridized carbons (Fsp3) is 0.750. The van der Waals surface area contributed by atoms with Gasteiger partial charge in [0, 0.05) is 17.1 Å². The molecule has 0 amide bonds. The summed E-state index contributed by atoms with van der Waals surface area (Å²) >= 11 is 0. The summed E-state index contributed by atoms with van der Waals surface area (Å²) in [7, 11) is 1.15. The molecule has 0 N–H and O–H groups in total. The van der Waals surface area contributed by atoms with Gasteiger partial charge in [0.05, 0.1) is 6.61 Å².